The fourth-order valence-electron chi connectivity index (χ4n) is 1.70. The number of nitrogens with two attached hydrogens (primary N) is 1. The molecule has 0 saturated carbocycles. The van der Waals surface area contributed by atoms with Crippen molar-refractivity contribution in [1.82, 2.24) is 4.98 Å². The van der Waals surface area contributed by atoms with Gasteiger partial charge in [-0.2, -0.15) is 0 Å². The molecule has 1 heterocycles. The summed E-state index contributed by atoms with van der Waals surface area (Å²) in [6.07, 6.45) is 1.41. The number of amides is 1. The van der Waals surface area contributed by atoms with Crippen LogP contribution in [-0.2, 0) is 0 Å². The van der Waals surface area contributed by atoms with Gasteiger partial charge in [0.05, 0.1) is 17.4 Å². The Hall–Kier alpha value is -2.07. The zero-order valence-electron chi connectivity index (χ0n) is 10.7. The Labute approximate surface area is 116 Å². The van der Waals surface area contributed by atoms with Crippen molar-refractivity contribution in [3.63, 3.8) is 0 Å². The van der Waals surface area contributed by atoms with E-state index in [-0.39, 0.29) is 16.6 Å². The van der Waals surface area contributed by atoms with Crippen LogP contribution in [0.15, 0.2) is 30.5 Å². The van der Waals surface area contributed by atoms with E-state index in [1.807, 2.05) is 32.0 Å². The standard InChI is InChI=1S/C14H14ClN3O/c1-8-4-3-5-12(9(8)2)18-14(19)11-6-10(16)7-17-13(11)15/h3-7H,16H2,1-2H3,(H,18,19). The van der Waals surface area contributed by atoms with Crippen LogP contribution >= 0.6 is 11.6 Å². The molecule has 1 aromatic carbocycles. The SMILES string of the molecule is Cc1cccc(NC(=O)c2cc(N)cnc2Cl)c1C. The number of rotatable bonds is 2. The zero-order valence-corrected chi connectivity index (χ0v) is 11.5. The molecule has 0 unspecified atom stereocenters. The van der Waals surface area contributed by atoms with Crippen LogP contribution in [0, 0.1) is 13.8 Å². The van der Waals surface area contributed by atoms with Crippen LogP contribution in [-0.4, -0.2) is 10.9 Å². The Kier molecular flexibility index (Phi) is 3.71. The maximum Gasteiger partial charge on any atom is 0.258 e. The highest BCUT2D eigenvalue weighted by Crippen LogP contribution is 2.21. The number of nitrogens with one attached hydrogen (secondary N) is 1. The van der Waals surface area contributed by atoms with Gasteiger partial charge in [-0.3, -0.25) is 4.79 Å². The summed E-state index contributed by atoms with van der Waals surface area (Å²) in [5.41, 5.74) is 9.15. The molecule has 0 radical (unpaired) electrons. The maximum atomic E-state index is 12.2. The molecule has 19 heavy (non-hydrogen) atoms. The third-order valence-electron chi connectivity index (χ3n) is 2.96. The average Bonchev–Trinajstić information content (AvgIpc) is 2.38. The van der Waals surface area contributed by atoms with E-state index in [9.17, 15) is 4.79 Å². The normalized spacial score (nSPS) is 10.3. The van der Waals surface area contributed by atoms with Crippen LogP contribution in [0.3, 0.4) is 0 Å². The topological polar surface area (TPSA) is 68.0 Å². The number of carbonyl (C=O) groups is 1. The van der Waals surface area contributed by atoms with Crippen LogP contribution in [0.4, 0.5) is 11.4 Å². The number of pyridine rings is 1. The van der Waals surface area contributed by atoms with E-state index in [1.165, 1.54) is 12.3 Å². The average molecular weight is 276 g/mol. The first kappa shape index (κ1) is 13.4. The number of aromatic nitrogens is 1. The Bertz CT molecular complexity index is 641. The first-order valence-electron chi connectivity index (χ1n) is 5.77. The number of aryl methyl sites for hydroxylation is 1. The van der Waals surface area contributed by atoms with E-state index in [0.717, 1.165) is 16.8 Å². The summed E-state index contributed by atoms with van der Waals surface area (Å²) in [5.74, 6) is -0.321. The van der Waals surface area contributed by atoms with Crippen molar-refractivity contribution >= 4 is 28.9 Å². The molecule has 0 fully saturated rings. The second-order valence-electron chi connectivity index (χ2n) is 4.31. The molecular formula is C14H14ClN3O. The Morgan fingerprint density at radius 3 is 2.84 bits per heavy atom. The number of nitrogens with zero attached hydrogens (tertiary/aromatic N) is 1. The second kappa shape index (κ2) is 5.28. The van der Waals surface area contributed by atoms with Gasteiger partial charge in [0, 0.05) is 5.69 Å². The van der Waals surface area contributed by atoms with Crippen molar-refractivity contribution in [3.8, 4) is 0 Å². The van der Waals surface area contributed by atoms with Crippen molar-refractivity contribution in [3.05, 3.63) is 52.3 Å². The lowest BCUT2D eigenvalue weighted by Crippen LogP contribution is -2.14. The summed E-state index contributed by atoms with van der Waals surface area (Å²) in [6, 6.07) is 7.22. The van der Waals surface area contributed by atoms with E-state index in [0.29, 0.717) is 5.69 Å². The molecule has 0 atom stereocenters. The molecule has 0 aliphatic carbocycles. The van der Waals surface area contributed by atoms with Gasteiger partial charge in [-0.15, -0.1) is 0 Å². The lowest BCUT2D eigenvalue weighted by Gasteiger charge is -2.11. The largest absolute Gasteiger partial charge is 0.397 e. The summed E-state index contributed by atoms with van der Waals surface area (Å²) in [6.45, 7) is 3.93. The summed E-state index contributed by atoms with van der Waals surface area (Å²) in [4.78, 5) is 16.0. The molecule has 0 bridgehead atoms. The maximum absolute atomic E-state index is 12.2. The van der Waals surface area contributed by atoms with Crippen molar-refractivity contribution in [2.45, 2.75) is 13.8 Å². The molecule has 4 nitrogen and oxygen atoms in total. The van der Waals surface area contributed by atoms with Crippen molar-refractivity contribution in [2.75, 3.05) is 11.1 Å². The monoisotopic (exact) mass is 275 g/mol. The summed E-state index contributed by atoms with van der Waals surface area (Å²) < 4.78 is 0. The lowest BCUT2D eigenvalue weighted by atomic mass is 10.1. The minimum absolute atomic E-state index is 0.136. The van der Waals surface area contributed by atoms with Crippen LogP contribution in [0.25, 0.3) is 0 Å². The summed E-state index contributed by atoms with van der Waals surface area (Å²) in [7, 11) is 0. The Balaban J connectivity index is 2.31. The predicted molar refractivity (Wildman–Crippen MR) is 77.5 cm³/mol. The molecule has 2 aromatic rings. The summed E-state index contributed by atoms with van der Waals surface area (Å²) >= 11 is 5.90. The fourth-order valence-corrected chi connectivity index (χ4v) is 1.89. The number of nitrogen functional groups attached to an aromatic ring is 1. The number of benzene rings is 1. The molecule has 0 aliphatic heterocycles. The van der Waals surface area contributed by atoms with Gasteiger partial charge in [0.2, 0.25) is 0 Å². The third-order valence-corrected chi connectivity index (χ3v) is 3.26. The smallest absolute Gasteiger partial charge is 0.258 e. The van der Waals surface area contributed by atoms with Gasteiger partial charge in [0.25, 0.3) is 5.91 Å². The predicted octanol–water partition coefficient (Wildman–Crippen LogP) is 3.19. The minimum Gasteiger partial charge on any atom is -0.397 e. The molecule has 1 amide bonds. The second-order valence-corrected chi connectivity index (χ2v) is 4.67. The molecule has 2 rings (SSSR count). The van der Waals surface area contributed by atoms with Gasteiger partial charge in [-0.05, 0) is 37.1 Å². The van der Waals surface area contributed by atoms with E-state index < -0.39 is 0 Å². The molecule has 98 valence electrons. The molecule has 5 heteroatoms. The molecule has 0 aliphatic rings. The van der Waals surface area contributed by atoms with E-state index in [4.69, 9.17) is 17.3 Å². The minimum atomic E-state index is -0.321. The molecule has 0 saturated heterocycles. The van der Waals surface area contributed by atoms with E-state index in [1.54, 1.807) is 0 Å². The molecule has 1 aromatic heterocycles. The number of hydrogen-bond donors (Lipinski definition) is 2. The van der Waals surface area contributed by atoms with Crippen LogP contribution in [0.1, 0.15) is 21.5 Å². The third kappa shape index (κ3) is 2.85. The van der Waals surface area contributed by atoms with Crippen LogP contribution in [0.2, 0.25) is 5.15 Å². The van der Waals surface area contributed by atoms with E-state index >= 15 is 0 Å². The highest BCUT2D eigenvalue weighted by molar-refractivity contribution is 6.33. The Morgan fingerprint density at radius 1 is 1.37 bits per heavy atom. The quantitative estimate of drug-likeness (QED) is 0.827. The summed E-state index contributed by atoms with van der Waals surface area (Å²) in [5, 5.41) is 2.95. The lowest BCUT2D eigenvalue weighted by molar-refractivity contribution is 0.102. The van der Waals surface area contributed by atoms with Gasteiger partial charge in [0.15, 0.2) is 0 Å². The zero-order chi connectivity index (χ0) is 14.0. The van der Waals surface area contributed by atoms with Crippen molar-refractivity contribution in [1.29, 1.82) is 0 Å². The molecule has 3 N–H and O–H groups in total. The number of hydrogen-bond acceptors (Lipinski definition) is 3. The number of halogens is 1. The fraction of sp³-hybridized carbons (Fsp3) is 0.143. The van der Waals surface area contributed by atoms with Crippen molar-refractivity contribution in [2.24, 2.45) is 0 Å². The Morgan fingerprint density at radius 2 is 2.11 bits per heavy atom. The van der Waals surface area contributed by atoms with Gasteiger partial charge in [-0.1, -0.05) is 23.7 Å². The van der Waals surface area contributed by atoms with Gasteiger partial charge >= 0.3 is 0 Å². The highest BCUT2D eigenvalue weighted by Gasteiger charge is 2.13. The first-order chi connectivity index (χ1) is 8.99. The molecule has 0 spiro atoms. The number of anilines is 2. The highest BCUT2D eigenvalue weighted by atomic mass is 35.5. The van der Waals surface area contributed by atoms with Gasteiger partial charge < -0.3 is 11.1 Å². The molecular weight excluding hydrogens is 262 g/mol. The van der Waals surface area contributed by atoms with Crippen LogP contribution < -0.4 is 11.1 Å². The van der Waals surface area contributed by atoms with Crippen molar-refractivity contribution < 1.29 is 4.79 Å². The van der Waals surface area contributed by atoms with Gasteiger partial charge in [0.1, 0.15) is 5.15 Å². The van der Waals surface area contributed by atoms with E-state index in [2.05, 4.69) is 10.3 Å². The van der Waals surface area contributed by atoms with Crippen LogP contribution in [0.5, 0.6) is 0 Å². The number of carbonyl (C=O) groups excluding carboxylic acids is 1. The van der Waals surface area contributed by atoms with Gasteiger partial charge in [-0.25, -0.2) is 4.98 Å². The first-order valence-corrected chi connectivity index (χ1v) is 6.15.